The summed E-state index contributed by atoms with van der Waals surface area (Å²) in [4.78, 5) is 32.5. The molecule has 4 rings (SSSR count). The molecule has 0 bridgehead atoms. The van der Waals surface area contributed by atoms with Crippen LogP contribution >= 0.6 is 11.3 Å². The van der Waals surface area contributed by atoms with Gasteiger partial charge in [0, 0.05) is 29.2 Å². The van der Waals surface area contributed by atoms with E-state index in [1.54, 1.807) is 28.4 Å². The lowest BCUT2D eigenvalue weighted by Gasteiger charge is -2.43. The molecule has 0 fully saturated rings. The van der Waals surface area contributed by atoms with Crippen molar-refractivity contribution in [1.29, 1.82) is 0 Å². The Kier molecular flexibility index (Phi) is 6.94. The molecule has 4 nitrogen and oxygen atoms in total. The third kappa shape index (κ3) is 4.58. The van der Waals surface area contributed by atoms with Crippen molar-refractivity contribution >= 4 is 28.8 Å². The van der Waals surface area contributed by atoms with Gasteiger partial charge in [0.15, 0.2) is 0 Å². The van der Waals surface area contributed by atoms with Crippen LogP contribution in [0.25, 0.3) is 0 Å². The zero-order valence-electron chi connectivity index (χ0n) is 19.2. The SMILES string of the molecule is CCCN(C(=O)[C@H]1c2ccccc2C(=O)N(CC(C)C)[C@@H]1c1cccs1)c1ccc(F)cc1. The summed E-state index contributed by atoms with van der Waals surface area (Å²) in [7, 11) is 0. The van der Waals surface area contributed by atoms with E-state index in [1.165, 1.54) is 12.1 Å². The lowest BCUT2D eigenvalue weighted by atomic mass is 9.80. The molecule has 6 heteroatoms. The van der Waals surface area contributed by atoms with Crippen molar-refractivity contribution in [2.45, 2.75) is 39.2 Å². The van der Waals surface area contributed by atoms with Gasteiger partial charge in [-0.15, -0.1) is 11.3 Å². The van der Waals surface area contributed by atoms with E-state index < -0.39 is 5.92 Å². The number of anilines is 1. The molecule has 2 atom stereocenters. The van der Waals surface area contributed by atoms with E-state index in [4.69, 9.17) is 0 Å². The highest BCUT2D eigenvalue weighted by atomic mass is 32.1. The second-order valence-electron chi connectivity index (χ2n) is 8.84. The van der Waals surface area contributed by atoms with Crippen molar-refractivity contribution in [3.05, 3.63) is 87.9 Å². The van der Waals surface area contributed by atoms with Gasteiger partial charge in [-0.05, 0) is 59.7 Å². The quantitative estimate of drug-likeness (QED) is 0.414. The van der Waals surface area contributed by atoms with E-state index in [-0.39, 0.29) is 29.6 Å². The van der Waals surface area contributed by atoms with E-state index in [9.17, 15) is 14.0 Å². The van der Waals surface area contributed by atoms with Crippen LogP contribution in [-0.4, -0.2) is 29.8 Å². The summed E-state index contributed by atoms with van der Waals surface area (Å²) in [6.45, 7) is 7.25. The molecule has 0 radical (unpaired) electrons. The van der Waals surface area contributed by atoms with Crippen LogP contribution in [0.15, 0.2) is 66.0 Å². The maximum atomic E-state index is 14.3. The highest BCUT2D eigenvalue weighted by Gasteiger charge is 2.46. The van der Waals surface area contributed by atoms with Crippen molar-refractivity contribution in [2.75, 3.05) is 18.0 Å². The second-order valence-corrected chi connectivity index (χ2v) is 9.82. The van der Waals surface area contributed by atoms with Crippen LogP contribution in [0.1, 0.15) is 60.0 Å². The highest BCUT2D eigenvalue weighted by Crippen LogP contribution is 2.45. The number of fused-ring (bicyclic) bond motifs is 1. The minimum Gasteiger partial charge on any atom is -0.329 e. The summed E-state index contributed by atoms with van der Waals surface area (Å²) in [5.41, 5.74) is 2.01. The third-order valence-electron chi connectivity index (χ3n) is 5.95. The molecule has 0 spiro atoms. The molecule has 33 heavy (non-hydrogen) atoms. The van der Waals surface area contributed by atoms with Crippen LogP contribution in [0.3, 0.4) is 0 Å². The molecule has 2 aromatic carbocycles. The largest absolute Gasteiger partial charge is 0.329 e. The van der Waals surface area contributed by atoms with Crippen molar-refractivity contribution < 1.29 is 14.0 Å². The summed E-state index contributed by atoms with van der Waals surface area (Å²) < 4.78 is 13.6. The fraction of sp³-hybridized carbons (Fsp3) is 0.333. The number of nitrogens with zero attached hydrogens (tertiary/aromatic N) is 2. The Bertz CT molecular complexity index is 1110. The fourth-order valence-corrected chi connectivity index (χ4v) is 5.48. The Hall–Kier alpha value is -2.99. The molecule has 1 aliphatic rings. The number of carbonyl (C=O) groups is 2. The lowest BCUT2D eigenvalue weighted by Crippen LogP contribution is -2.49. The second kappa shape index (κ2) is 9.87. The molecular weight excluding hydrogens is 435 g/mol. The Morgan fingerprint density at radius 1 is 1.09 bits per heavy atom. The number of hydrogen-bond donors (Lipinski definition) is 0. The Morgan fingerprint density at radius 3 is 2.45 bits per heavy atom. The molecule has 172 valence electrons. The first kappa shape index (κ1) is 23.2. The monoisotopic (exact) mass is 464 g/mol. The van der Waals surface area contributed by atoms with E-state index in [1.807, 2.05) is 53.6 Å². The molecule has 0 aliphatic carbocycles. The number of rotatable bonds is 7. The van der Waals surface area contributed by atoms with Gasteiger partial charge in [-0.2, -0.15) is 0 Å². The molecule has 3 aromatic rings. The van der Waals surface area contributed by atoms with Crippen LogP contribution in [-0.2, 0) is 4.79 Å². The Morgan fingerprint density at radius 2 is 1.82 bits per heavy atom. The average Bonchev–Trinajstić information content (AvgIpc) is 3.34. The molecule has 1 aromatic heterocycles. The number of carbonyl (C=O) groups excluding carboxylic acids is 2. The summed E-state index contributed by atoms with van der Waals surface area (Å²) in [6, 6.07) is 17.1. The van der Waals surface area contributed by atoms with Crippen molar-refractivity contribution in [3.8, 4) is 0 Å². The number of hydrogen-bond acceptors (Lipinski definition) is 3. The smallest absolute Gasteiger partial charge is 0.254 e. The number of thiophene rings is 1. The van der Waals surface area contributed by atoms with Gasteiger partial charge in [0.1, 0.15) is 5.82 Å². The first-order valence-corrected chi connectivity index (χ1v) is 12.3. The fourth-order valence-electron chi connectivity index (χ4n) is 4.61. The predicted molar refractivity (Wildman–Crippen MR) is 131 cm³/mol. The Balaban J connectivity index is 1.87. The van der Waals surface area contributed by atoms with Crippen molar-refractivity contribution in [3.63, 3.8) is 0 Å². The first-order valence-electron chi connectivity index (χ1n) is 11.4. The van der Waals surface area contributed by atoms with Gasteiger partial charge in [-0.1, -0.05) is 45.0 Å². The molecule has 2 heterocycles. The van der Waals surface area contributed by atoms with Gasteiger partial charge >= 0.3 is 0 Å². The topological polar surface area (TPSA) is 40.6 Å². The van der Waals surface area contributed by atoms with Crippen molar-refractivity contribution in [1.82, 2.24) is 4.90 Å². The molecule has 2 amide bonds. The zero-order chi connectivity index (χ0) is 23.5. The standard InChI is InChI=1S/C27H29FN2O2S/c1-4-15-29(20-13-11-19(28)12-14-20)27(32)24-21-8-5-6-9-22(21)26(31)30(17-18(2)3)25(24)23-10-7-16-33-23/h5-14,16,18,24-25H,4,15,17H2,1-3H3/t24-,25+/m0/s1. The molecule has 0 unspecified atom stereocenters. The Labute approximate surface area is 198 Å². The summed E-state index contributed by atoms with van der Waals surface area (Å²) in [6.07, 6.45) is 0.760. The van der Waals surface area contributed by atoms with E-state index in [0.29, 0.717) is 24.3 Å². The maximum Gasteiger partial charge on any atom is 0.254 e. The number of benzene rings is 2. The third-order valence-corrected chi connectivity index (χ3v) is 6.90. The average molecular weight is 465 g/mol. The minimum absolute atomic E-state index is 0.0365. The summed E-state index contributed by atoms with van der Waals surface area (Å²) in [5.74, 6) is -0.744. The van der Waals surface area contributed by atoms with Gasteiger partial charge in [-0.25, -0.2) is 4.39 Å². The predicted octanol–water partition coefficient (Wildman–Crippen LogP) is 6.27. The van der Waals surface area contributed by atoms with Crippen LogP contribution in [0.2, 0.25) is 0 Å². The minimum atomic E-state index is -0.548. The first-order chi connectivity index (χ1) is 15.9. The van der Waals surface area contributed by atoms with E-state index in [0.717, 1.165) is 16.9 Å². The molecule has 1 aliphatic heterocycles. The van der Waals surface area contributed by atoms with Gasteiger partial charge in [-0.3, -0.25) is 9.59 Å². The zero-order valence-corrected chi connectivity index (χ0v) is 20.0. The highest BCUT2D eigenvalue weighted by molar-refractivity contribution is 7.10. The molecule has 0 saturated heterocycles. The van der Waals surface area contributed by atoms with Crippen molar-refractivity contribution in [2.24, 2.45) is 5.92 Å². The molecular formula is C27H29FN2O2S. The number of amides is 2. The van der Waals surface area contributed by atoms with Crippen LogP contribution in [0, 0.1) is 11.7 Å². The van der Waals surface area contributed by atoms with E-state index >= 15 is 0 Å². The maximum absolute atomic E-state index is 14.3. The van der Waals surface area contributed by atoms with Gasteiger partial charge in [0.2, 0.25) is 5.91 Å². The van der Waals surface area contributed by atoms with E-state index in [2.05, 4.69) is 13.8 Å². The van der Waals surface area contributed by atoms with Gasteiger partial charge in [0.25, 0.3) is 5.91 Å². The van der Waals surface area contributed by atoms with Crippen LogP contribution in [0.5, 0.6) is 0 Å². The summed E-state index contributed by atoms with van der Waals surface area (Å²) in [5, 5.41) is 1.99. The van der Waals surface area contributed by atoms with Crippen LogP contribution in [0.4, 0.5) is 10.1 Å². The van der Waals surface area contributed by atoms with Gasteiger partial charge < -0.3 is 9.80 Å². The lowest BCUT2D eigenvalue weighted by molar-refractivity contribution is -0.121. The number of halogens is 1. The summed E-state index contributed by atoms with van der Waals surface area (Å²) >= 11 is 1.57. The normalized spacial score (nSPS) is 17.8. The molecule has 0 saturated carbocycles. The molecule has 0 N–H and O–H groups in total. The van der Waals surface area contributed by atoms with Gasteiger partial charge in [0.05, 0.1) is 12.0 Å². The van der Waals surface area contributed by atoms with Crippen LogP contribution < -0.4 is 4.90 Å².